The van der Waals surface area contributed by atoms with E-state index in [-0.39, 0.29) is 25.7 Å². The lowest BCUT2D eigenvalue weighted by molar-refractivity contribution is -0.148. The molecule has 0 fully saturated rings. The van der Waals surface area contributed by atoms with Gasteiger partial charge in [0.2, 0.25) is 0 Å². The minimum absolute atomic E-state index is 0.0352. The molecule has 4 amide bonds. The van der Waals surface area contributed by atoms with Crippen LogP contribution in [-0.2, 0) is 19.2 Å². The van der Waals surface area contributed by atoms with E-state index in [9.17, 15) is 28.8 Å². The summed E-state index contributed by atoms with van der Waals surface area (Å²) in [6, 6.07) is -2.49. The number of rotatable bonds is 12. The molecule has 0 bridgehead atoms. The highest BCUT2D eigenvalue weighted by atomic mass is 16.2. The van der Waals surface area contributed by atoms with E-state index in [1.165, 1.54) is 27.7 Å². The van der Waals surface area contributed by atoms with Gasteiger partial charge in [-0.3, -0.25) is 19.2 Å². The molecular weight excluding hydrogens is 356 g/mol. The number of amides is 4. The van der Waals surface area contributed by atoms with Gasteiger partial charge in [0.05, 0.1) is 0 Å². The minimum Gasteiger partial charge on any atom is -0.352 e. The highest BCUT2D eigenvalue weighted by Gasteiger charge is 2.65. The van der Waals surface area contributed by atoms with Gasteiger partial charge in [0.15, 0.2) is 22.9 Å². The smallest absolute Gasteiger partial charge is 0.313 e. The lowest BCUT2D eigenvalue weighted by atomic mass is 9.64. The third kappa shape index (κ3) is 4.69. The van der Waals surface area contributed by atoms with Crippen LogP contribution in [-0.4, -0.2) is 46.3 Å². The Hall–Kier alpha value is -2.78. The predicted octanol–water partition coefficient (Wildman–Crippen LogP) is 0.107. The zero-order valence-electron chi connectivity index (χ0n) is 16.1. The van der Waals surface area contributed by atoms with Crippen molar-refractivity contribution in [3.8, 4) is 0 Å². The Morgan fingerprint density at radius 3 is 1.37 bits per heavy atom. The van der Waals surface area contributed by atoms with Crippen LogP contribution in [0.5, 0.6) is 0 Å². The number of ketones is 4. The molecule has 0 radical (unpaired) electrons. The Balaban J connectivity index is 7.24. The fourth-order valence-corrected chi connectivity index (χ4v) is 3.17. The van der Waals surface area contributed by atoms with Gasteiger partial charge in [-0.15, -0.1) is 0 Å². The Labute approximate surface area is 157 Å². The van der Waals surface area contributed by atoms with Crippen molar-refractivity contribution < 1.29 is 28.8 Å². The van der Waals surface area contributed by atoms with Crippen LogP contribution in [0.3, 0.4) is 0 Å². The summed E-state index contributed by atoms with van der Waals surface area (Å²) in [6.45, 7) is 5.77. The molecule has 6 N–H and O–H groups in total. The number of nitrogens with two attached hydrogens (primary N) is 2. The lowest BCUT2D eigenvalue weighted by Crippen LogP contribution is -2.81. The summed E-state index contributed by atoms with van der Waals surface area (Å²) < 4.78 is 0. The van der Waals surface area contributed by atoms with Gasteiger partial charge in [-0.2, -0.15) is 0 Å². The molecule has 0 heterocycles. The topological polar surface area (TPSA) is 179 Å². The number of primary amides is 2. The largest absolute Gasteiger partial charge is 0.352 e. The third-order valence-electron chi connectivity index (χ3n) is 4.42. The van der Waals surface area contributed by atoms with Crippen LogP contribution < -0.4 is 22.1 Å². The standard InChI is InChI=1S/C17H28N4O6/c1-5-10(22)9-16(11(23)6-2,20-14(18)26)17(12(24)7-3,13(25)8-4)21-15(19)27/h5-9H2,1-4H3,(H3,18,20,26)(H3,19,21,27). The molecule has 10 heteroatoms. The van der Waals surface area contributed by atoms with E-state index >= 15 is 0 Å². The van der Waals surface area contributed by atoms with Gasteiger partial charge in [-0.1, -0.05) is 27.7 Å². The second kappa shape index (κ2) is 9.79. The van der Waals surface area contributed by atoms with E-state index in [2.05, 4.69) is 10.6 Å². The fraction of sp³-hybridized carbons (Fsp3) is 0.647. The molecule has 0 rings (SSSR count). The van der Waals surface area contributed by atoms with Crippen LogP contribution in [0.4, 0.5) is 9.59 Å². The van der Waals surface area contributed by atoms with Crippen LogP contribution in [0.25, 0.3) is 0 Å². The summed E-state index contributed by atoms with van der Waals surface area (Å²) in [5, 5.41) is 4.22. The van der Waals surface area contributed by atoms with Crippen molar-refractivity contribution in [3.63, 3.8) is 0 Å². The highest BCUT2D eigenvalue weighted by molar-refractivity contribution is 6.21. The Bertz CT molecular complexity index is 629. The van der Waals surface area contributed by atoms with E-state index in [1.54, 1.807) is 0 Å². The zero-order chi connectivity index (χ0) is 21.4. The summed E-state index contributed by atoms with van der Waals surface area (Å²) in [5.74, 6) is -3.06. The Morgan fingerprint density at radius 1 is 0.667 bits per heavy atom. The lowest BCUT2D eigenvalue weighted by Gasteiger charge is -2.47. The first-order chi connectivity index (χ1) is 12.5. The molecule has 0 aliphatic rings. The number of urea groups is 2. The van der Waals surface area contributed by atoms with Crippen molar-refractivity contribution in [2.45, 2.75) is 70.9 Å². The molecule has 0 saturated carbocycles. The zero-order valence-corrected chi connectivity index (χ0v) is 16.1. The van der Waals surface area contributed by atoms with E-state index in [4.69, 9.17) is 11.5 Å². The number of hydrogen-bond donors (Lipinski definition) is 4. The summed E-state index contributed by atoms with van der Waals surface area (Å²) >= 11 is 0. The normalized spacial score (nSPS) is 13.2. The summed E-state index contributed by atoms with van der Waals surface area (Å²) in [5.41, 5.74) is 5.49. The average Bonchev–Trinajstić information content (AvgIpc) is 2.62. The second-order valence-electron chi connectivity index (χ2n) is 6.03. The molecule has 0 aliphatic heterocycles. The predicted molar refractivity (Wildman–Crippen MR) is 96.7 cm³/mol. The van der Waals surface area contributed by atoms with Crippen molar-refractivity contribution in [2.24, 2.45) is 11.5 Å². The Morgan fingerprint density at radius 2 is 1.07 bits per heavy atom. The molecule has 0 aromatic heterocycles. The van der Waals surface area contributed by atoms with Gasteiger partial charge < -0.3 is 22.1 Å². The first-order valence-electron chi connectivity index (χ1n) is 8.75. The van der Waals surface area contributed by atoms with Crippen LogP contribution in [0.2, 0.25) is 0 Å². The van der Waals surface area contributed by atoms with Crippen LogP contribution >= 0.6 is 0 Å². The van der Waals surface area contributed by atoms with E-state index in [0.717, 1.165) is 0 Å². The number of carbonyl (C=O) groups excluding carboxylic acids is 6. The van der Waals surface area contributed by atoms with Gasteiger partial charge in [0.1, 0.15) is 11.3 Å². The second-order valence-corrected chi connectivity index (χ2v) is 6.03. The van der Waals surface area contributed by atoms with Crippen molar-refractivity contribution in [1.82, 2.24) is 10.6 Å². The van der Waals surface area contributed by atoms with Crippen molar-refractivity contribution >= 4 is 35.2 Å². The monoisotopic (exact) mass is 384 g/mol. The molecule has 0 aromatic rings. The first kappa shape index (κ1) is 24.2. The van der Waals surface area contributed by atoms with Crippen LogP contribution in [0, 0.1) is 0 Å². The number of hydrogen-bond acceptors (Lipinski definition) is 6. The maximum atomic E-state index is 13.0. The molecule has 0 aromatic carbocycles. The third-order valence-corrected chi connectivity index (χ3v) is 4.42. The number of nitrogens with one attached hydrogen (secondary N) is 2. The molecule has 10 nitrogen and oxygen atoms in total. The molecule has 27 heavy (non-hydrogen) atoms. The van der Waals surface area contributed by atoms with Gasteiger partial charge in [0.25, 0.3) is 0 Å². The molecule has 1 atom stereocenters. The first-order valence-corrected chi connectivity index (χ1v) is 8.75. The summed E-state index contributed by atoms with van der Waals surface area (Å²) in [6.07, 6.45) is -1.52. The van der Waals surface area contributed by atoms with Crippen LogP contribution in [0.15, 0.2) is 0 Å². The quantitative estimate of drug-likeness (QED) is 0.347. The van der Waals surface area contributed by atoms with Gasteiger partial charge >= 0.3 is 12.1 Å². The fourth-order valence-electron chi connectivity index (χ4n) is 3.17. The van der Waals surface area contributed by atoms with Crippen molar-refractivity contribution in [1.29, 1.82) is 0 Å². The maximum absolute atomic E-state index is 13.0. The summed E-state index contributed by atoms with van der Waals surface area (Å²) in [4.78, 5) is 74.6. The Kier molecular flexibility index (Phi) is 8.78. The average molecular weight is 384 g/mol. The SMILES string of the molecule is CCC(=O)CC(NC(N)=O)(C(=O)CC)C(NC(N)=O)(C(=O)CC)C(=O)CC. The number of carbonyl (C=O) groups is 6. The minimum atomic E-state index is -2.55. The molecule has 0 spiro atoms. The van der Waals surface area contributed by atoms with Gasteiger partial charge in [0, 0.05) is 32.1 Å². The highest BCUT2D eigenvalue weighted by Crippen LogP contribution is 2.33. The van der Waals surface area contributed by atoms with E-state index in [1.807, 2.05) is 0 Å². The number of Topliss-reactive ketones (excluding diaryl/α,β-unsaturated/α-hetero) is 4. The molecule has 1 unspecified atom stereocenters. The maximum Gasteiger partial charge on any atom is 0.313 e. The molecular formula is C17H28N4O6. The summed E-state index contributed by atoms with van der Waals surface area (Å²) in [7, 11) is 0. The molecule has 152 valence electrons. The van der Waals surface area contributed by atoms with Gasteiger partial charge in [-0.25, -0.2) is 9.59 Å². The molecule has 0 saturated heterocycles. The van der Waals surface area contributed by atoms with Gasteiger partial charge in [-0.05, 0) is 0 Å². The van der Waals surface area contributed by atoms with Crippen molar-refractivity contribution in [2.75, 3.05) is 0 Å². The van der Waals surface area contributed by atoms with Crippen molar-refractivity contribution in [3.05, 3.63) is 0 Å². The van der Waals surface area contributed by atoms with Crippen LogP contribution in [0.1, 0.15) is 59.8 Å². The molecule has 0 aliphatic carbocycles. The van der Waals surface area contributed by atoms with E-state index < -0.39 is 52.7 Å². The van der Waals surface area contributed by atoms with E-state index in [0.29, 0.717) is 0 Å².